The van der Waals surface area contributed by atoms with Crippen LogP contribution in [0.5, 0.6) is 0 Å². The number of hydrogen-bond acceptors (Lipinski definition) is 5. The van der Waals surface area contributed by atoms with Gasteiger partial charge in [0.15, 0.2) is 5.82 Å². The summed E-state index contributed by atoms with van der Waals surface area (Å²) in [5.74, 6) is 0.554. The molecule has 1 unspecified atom stereocenters. The van der Waals surface area contributed by atoms with Crippen LogP contribution in [0, 0.1) is 0 Å². The van der Waals surface area contributed by atoms with Crippen molar-refractivity contribution in [3.05, 3.63) is 22.7 Å². The minimum atomic E-state index is -0.527. The van der Waals surface area contributed by atoms with E-state index in [1.807, 2.05) is 20.8 Å². The van der Waals surface area contributed by atoms with Crippen LogP contribution in [0.4, 0.5) is 4.79 Å². The topological polar surface area (TPSA) is 64.5 Å². The molecule has 2 heterocycles. The molecule has 0 aliphatic carbocycles. The Kier molecular flexibility index (Phi) is 4.59. The molecular formula is C13H18BrN3O3. The van der Waals surface area contributed by atoms with Gasteiger partial charge in [-0.1, -0.05) is 0 Å². The molecule has 1 saturated heterocycles. The van der Waals surface area contributed by atoms with Gasteiger partial charge in [0.2, 0.25) is 0 Å². The summed E-state index contributed by atoms with van der Waals surface area (Å²) in [5.41, 5.74) is -0.527. The van der Waals surface area contributed by atoms with Crippen LogP contribution in [-0.4, -0.2) is 46.3 Å². The smallest absolute Gasteiger partial charge is 0.411 e. The molecule has 1 fully saturated rings. The van der Waals surface area contributed by atoms with Crippen LogP contribution in [0.1, 0.15) is 32.6 Å². The Morgan fingerprint density at radius 3 is 2.70 bits per heavy atom. The van der Waals surface area contributed by atoms with Crippen molar-refractivity contribution in [1.29, 1.82) is 0 Å². The summed E-state index contributed by atoms with van der Waals surface area (Å²) in [4.78, 5) is 22.4. The second-order valence-corrected chi connectivity index (χ2v) is 6.44. The fourth-order valence-electron chi connectivity index (χ4n) is 1.85. The van der Waals surface area contributed by atoms with E-state index in [0.29, 0.717) is 25.6 Å². The zero-order valence-corrected chi connectivity index (χ0v) is 13.4. The van der Waals surface area contributed by atoms with E-state index in [4.69, 9.17) is 9.47 Å². The van der Waals surface area contributed by atoms with Gasteiger partial charge in [-0.05, 0) is 36.7 Å². The van der Waals surface area contributed by atoms with Gasteiger partial charge in [-0.3, -0.25) is 4.90 Å². The standard InChI is InChI=1S/C13H18BrN3O3/c1-13(2,3)20-12(18)17-4-5-19-8-10(17)11-15-6-9(14)7-16-11/h6-7,10H,4-5,8H2,1-3H3. The summed E-state index contributed by atoms with van der Waals surface area (Å²) < 4.78 is 11.6. The van der Waals surface area contributed by atoms with Crippen molar-refractivity contribution < 1.29 is 14.3 Å². The fourth-order valence-corrected chi connectivity index (χ4v) is 2.06. The highest BCUT2D eigenvalue weighted by Crippen LogP contribution is 2.24. The van der Waals surface area contributed by atoms with Crippen molar-refractivity contribution in [2.75, 3.05) is 19.8 Å². The number of nitrogens with zero attached hydrogens (tertiary/aromatic N) is 3. The number of ether oxygens (including phenoxy) is 2. The first kappa shape index (κ1) is 15.2. The van der Waals surface area contributed by atoms with Crippen molar-refractivity contribution in [2.24, 2.45) is 0 Å². The largest absolute Gasteiger partial charge is 0.444 e. The molecule has 1 amide bonds. The molecule has 2 rings (SSSR count). The van der Waals surface area contributed by atoms with Crippen LogP contribution in [-0.2, 0) is 9.47 Å². The molecule has 110 valence electrons. The minimum absolute atomic E-state index is 0.313. The summed E-state index contributed by atoms with van der Waals surface area (Å²) in [7, 11) is 0. The van der Waals surface area contributed by atoms with E-state index < -0.39 is 5.60 Å². The predicted molar refractivity (Wildman–Crippen MR) is 76.2 cm³/mol. The van der Waals surface area contributed by atoms with Gasteiger partial charge in [0.1, 0.15) is 11.6 Å². The van der Waals surface area contributed by atoms with Gasteiger partial charge in [0.05, 0.1) is 17.7 Å². The first-order valence-electron chi connectivity index (χ1n) is 6.41. The van der Waals surface area contributed by atoms with E-state index in [1.54, 1.807) is 17.3 Å². The molecule has 1 atom stereocenters. The second-order valence-electron chi connectivity index (χ2n) is 5.52. The van der Waals surface area contributed by atoms with Gasteiger partial charge in [-0.15, -0.1) is 0 Å². The normalized spacial score (nSPS) is 19.8. The number of carbonyl (C=O) groups is 1. The Labute approximate surface area is 126 Å². The Morgan fingerprint density at radius 1 is 1.45 bits per heavy atom. The number of rotatable bonds is 1. The number of amides is 1. The molecule has 1 aromatic heterocycles. The molecular weight excluding hydrogens is 326 g/mol. The number of aromatic nitrogens is 2. The Hall–Kier alpha value is -1.21. The third kappa shape index (κ3) is 3.89. The molecule has 20 heavy (non-hydrogen) atoms. The molecule has 6 nitrogen and oxygen atoms in total. The quantitative estimate of drug-likeness (QED) is 0.783. The number of hydrogen-bond donors (Lipinski definition) is 0. The fraction of sp³-hybridized carbons (Fsp3) is 0.615. The van der Waals surface area contributed by atoms with Crippen LogP contribution in [0.3, 0.4) is 0 Å². The highest BCUT2D eigenvalue weighted by atomic mass is 79.9. The monoisotopic (exact) mass is 343 g/mol. The van der Waals surface area contributed by atoms with E-state index >= 15 is 0 Å². The molecule has 0 N–H and O–H groups in total. The summed E-state index contributed by atoms with van der Waals surface area (Å²) in [5, 5.41) is 0. The third-order valence-electron chi connectivity index (χ3n) is 2.69. The molecule has 0 bridgehead atoms. The molecule has 1 aliphatic rings. The Bertz CT molecular complexity index is 473. The summed E-state index contributed by atoms with van der Waals surface area (Å²) in [6, 6.07) is -0.313. The molecule has 0 radical (unpaired) electrons. The van der Waals surface area contributed by atoms with Crippen LogP contribution in [0.15, 0.2) is 16.9 Å². The van der Waals surface area contributed by atoms with Gasteiger partial charge >= 0.3 is 6.09 Å². The van der Waals surface area contributed by atoms with E-state index in [1.165, 1.54) is 0 Å². The van der Waals surface area contributed by atoms with Crippen LogP contribution in [0.2, 0.25) is 0 Å². The maximum atomic E-state index is 12.2. The lowest BCUT2D eigenvalue weighted by Crippen LogP contribution is -2.46. The Balaban J connectivity index is 2.16. The van der Waals surface area contributed by atoms with Gasteiger partial charge in [-0.25, -0.2) is 14.8 Å². The average molecular weight is 344 g/mol. The van der Waals surface area contributed by atoms with Gasteiger partial charge in [0.25, 0.3) is 0 Å². The summed E-state index contributed by atoms with van der Waals surface area (Å²) in [6.45, 7) is 6.87. The van der Waals surface area contributed by atoms with Crippen LogP contribution < -0.4 is 0 Å². The first-order valence-corrected chi connectivity index (χ1v) is 7.21. The molecule has 7 heteroatoms. The van der Waals surface area contributed by atoms with Crippen molar-refractivity contribution in [1.82, 2.24) is 14.9 Å². The number of halogens is 1. The molecule has 0 saturated carbocycles. The highest BCUT2D eigenvalue weighted by molar-refractivity contribution is 9.10. The average Bonchev–Trinajstić information content (AvgIpc) is 2.38. The zero-order valence-electron chi connectivity index (χ0n) is 11.8. The van der Waals surface area contributed by atoms with Gasteiger partial charge in [0, 0.05) is 18.9 Å². The van der Waals surface area contributed by atoms with Crippen molar-refractivity contribution in [3.8, 4) is 0 Å². The van der Waals surface area contributed by atoms with Crippen molar-refractivity contribution in [2.45, 2.75) is 32.4 Å². The highest BCUT2D eigenvalue weighted by Gasteiger charge is 2.33. The number of carbonyl (C=O) groups excluding carboxylic acids is 1. The molecule has 0 spiro atoms. The molecule has 0 aromatic carbocycles. The first-order chi connectivity index (χ1) is 9.37. The van der Waals surface area contributed by atoms with Crippen LogP contribution >= 0.6 is 15.9 Å². The van der Waals surface area contributed by atoms with Gasteiger partial charge < -0.3 is 9.47 Å². The second kappa shape index (κ2) is 6.05. The van der Waals surface area contributed by atoms with Crippen molar-refractivity contribution >= 4 is 22.0 Å². The lowest BCUT2D eigenvalue weighted by molar-refractivity contribution is -0.0351. The van der Waals surface area contributed by atoms with Crippen molar-refractivity contribution in [3.63, 3.8) is 0 Å². The van der Waals surface area contributed by atoms with E-state index in [0.717, 1.165) is 4.47 Å². The molecule has 1 aliphatic heterocycles. The van der Waals surface area contributed by atoms with E-state index in [2.05, 4.69) is 25.9 Å². The summed E-state index contributed by atoms with van der Waals surface area (Å²) >= 11 is 3.29. The maximum Gasteiger partial charge on any atom is 0.411 e. The third-order valence-corrected chi connectivity index (χ3v) is 3.10. The number of morpholine rings is 1. The predicted octanol–water partition coefficient (Wildman–Crippen LogP) is 2.55. The van der Waals surface area contributed by atoms with Gasteiger partial charge in [-0.2, -0.15) is 0 Å². The Morgan fingerprint density at radius 2 is 2.10 bits per heavy atom. The summed E-state index contributed by atoms with van der Waals surface area (Å²) in [6.07, 6.45) is 2.95. The molecule has 1 aromatic rings. The SMILES string of the molecule is CC(C)(C)OC(=O)N1CCOCC1c1ncc(Br)cn1. The maximum absolute atomic E-state index is 12.2. The van der Waals surface area contributed by atoms with E-state index in [-0.39, 0.29) is 12.1 Å². The van der Waals surface area contributed by atoms with E-state index in [9.17, 15) is 4.79 Å². The van der Waals surface area contributed by atoms with Crippen LogP contribution in [0.25, 0.3) is 0 Å². The lowest BCUT2D eigenvalue weighted by Gasteiger charge is -2.35. The lowest BCUT2D eigenvalue weighted by atomic mass is 10.2. The minimum Gasteiger partial charge on any atom is -0.444 e. The zero-order chi connectivity index (χ0) is 14.8.